The van der Waals surface area contributed by atoms with E-state index in [9.17, 15) is 39.9 Å². The van der Waals surface area contributed by atoms with Crippen LogP contribution >= 0.6 is 0 Å². The number of benzene rings is 1. The van der Waals surface area contributed by atoms with Crippen molar-refractivity contribution in [2.75, 3.05) is 6.61 Å². The Labute approximate surface area is 188 Å². The summed E-state index contributed by atoms with van der Waals surface area (Å²) in [6.45, 7) is 0.525. The van der Waals surface area contributed by atoms with Crippen LogP contribution in [0.3, 0.4) is 0 Å². The summed E-state index contributed by atoms with van der Waals surface area (Å²) in [6.07, 6.45) is -2.56. The monoisotopic (exact) mass is 464 g/mol. The number of aldehydes is 1. The number of aromatic hydroxyl groups is 1. The molecule has 0 aliphatic carbocycles. The Morgan fingerprint density at radius 1 is 1.18 bits per heavy atom. The molecule has 11 heteroatoms. The minimum atomic E-state index is -1.76. The quantitative estimate of drug-likeness (QED) is 0.112. The summed E-state index contributed by atoms with van der Waals surface area (Å²) < 4.78 is 16.2. The number of hydrogen-bond acceptors (Lipinski definition) is 11. The fraction of sp³-hybridized carbons (Fsp3) is 0.409. The Morgan fingerprint density at radius 2 is 1.91 bits per heavy atom. The maximum Gasteiger partial charge on any atom is 0.342 e. The highest BCUT2D eigenvalue weighted by molar-refractivity contribution is 6.04. The van der Waals surface area contributed by atoms with Gasteiger partial charge in [-0.15, -0.1) is 0 Å². The third-order valence-electron chi connectivity index (χ3n) is 5.31. The van der Waals surface area contributed by atoms with Gasteiger partial charge in [-0.25, -0.2) is 4.79 Å². The number of cyclic esters (lactones) is 1. The Kier molecular flexibility index (Phi) is 7.61. The van der Waals surface area contributed by atoms with E-state index >= 15 is 0 Å². The molecule has 0 amide bonds. The topological polar surface area (TPSA) is 180 Å². The van der Waals surface area contributed by atoms with Gasteiger partial charge < -0.3 is 39.7 Å². The fourth-order valence-corrected chi connectivity index (χ4v) is 3.74. The van der Waals surface area contributed by atoms with Crippen LogP contribution in [-0.2, 0) is 20.7 Å². The molecule has 33 heavy (non-hydrogen) atoms. The molecular formula is C22H24O11. The van der Waals surface area contributed by atoms with Crippen LogP contribution in [0, 0.1) is 0 Å². The van der Waals surface area contributed by atoms with Crippen LogP contribution in [0.4, 0.5) is 0 Å². The molecular weight excluding hydrogens is 440 g/mol. The number of aliphatic hydroxyl groups excluding tert-OH is 4. The molecule has 178 valence electrons. The van der Waals surface area contributed by atoms with E-state index in [0.717, 1.165) is 6.07 Å². The maximum absolute atomic E-state index is 12.8. The number of carbonyl (C=O) groups excluding carboxylic acids is 3. The standard InChI is InChI=1S/C22H24O11/c1-10(25)16-12-7-11(5-3-2-4-6-23)31-21(30)17(12)14(8-13(16)26)32-22-20(29)19(28)18(27)15(9-24)33-22/h2-6,8,11,15,18-20,22,24,26-29H,7,9H2,1H3/t11-,15-,18-,19+,20-,22-/m1/s1. The number of Topliss-reactive ketones (excluding diaryl/α,β-unsaturated/α-hetero) is 1. The molecule has 0 saturated carbocycles. The number of ether oxygens (including phenoxy) is 3. The van der Waals surface area contributed by atoms with Gasteiger partial charge >= 0.3 is 5.97 Å². The zero-order chi connectivity index (χ0) is 24.3. The van der Waals surface area contributed by atoms with E-state index in [1.165, 1.54) is 31.2 Å². The molecule has 0 aromatic heterocycles. The van der Waals surface area contributed by atoms with Crippen molar-refractivity contribution in [2.24, 2.45) is 0 Å². The molecule has 0 bridgehead atoms. The van der Waals surface area contributed by atoms with E-state index in [0.29, 0.717) is 6.29 Å². The van der Waals surface area contributed by atoms with Crippen LogP contribution in [0.25, 0.3) is 0 Å². The SMILES string of the molecule is CC(=O)c1c(O)cc(O[C@@H]2O[C@H](CO)[C@@H](O)[C@H](O)[C@H]2O)c2c1C[C@@H](C=CC=CC=O)OC2=O. The summed E-state index contributed by atoms with van der Waals surface area (Å²) in [7, 11) is 0. The summed E-state index contributed by atoms with van der Waals surface area (Å²) in [6, 6.07) is 0.987. The van der Waals surface area contributed by atoms with Gasteiger partial charge in [-0.3, -0.25) is 9.59 Å². The Bertz CT molecular complexity index is 981. The number of hydrogen-bond donors (Lipinski definition) is 5. The third kappa shape index (κ3) is 4.97. The first-order valence-electron chi connectivity index (χ1n) is 10.1. The van der Waals surface area contributed by atoms with Crippen molar-refractivity contribution in [3.05, 3.63) is 47.1 Å². The highest BCUT2D eigenvalue weighted by atomic mass is 16.7. The molecule has 0 radical (unpaired) electrons. The van der Waals surface area contributed by atoms with Gasteiger partial charge in [0.05, 0.1) is 12.2 Å². The summed E-state index contributed by atoms with van der Waals surface area (Å²) in [4.78, 5) is 35.4. The molecule has 2 heterocycles. The number of allylic oxidation sites excluding steroid dienone is 3. The molecule has 5 N–H and O–H groups in total. The fourth-order valence-electron chi connectivity index (χ4n) is 3.74. The highest BCUT2D eigenvalue weighted by Gasteiger charge is 2.45. The number of esters is 1. The number of phenols is 1. The minimum absolute atomic E-state index is 0.000851. The first kappa shape index (κ1) is 24.6. The normalized spacial score (nSPS) is 29.7. The summed E-state index contributed by atoms with van der Waals surface area (Å²) in [5.74, 6) is -2.17. The van der Waals surface area contributed by atoms with Gasteiger partial charge in [-0.2, -0.15) is 0 Å². The predicted octanol–water partition coefficient (Wildman–Crippen LogP) is -0.834. The average Bonchev–Trinajstić information content (AvgIpc) is 2.76. The molecule has 6 atom stereocenters. The molecule has 11 nitrogen and oxygen atoms in total. The maximum atomic E-state index is 12.8. The van der Waals surface area contributed by atoms with E-state index in [-0.39, 0.29) is 28.9 Å². The van der Waals surface area contributed by atoms with Gasteiger partial charge in [0.1, 0.15) is 53.9 Å². The molecule has 1 aromatic carbocycles. The zero-order valence-corrected chi connectivity index (χ0v) is 17.5. The molecule has 1 saturated heterocycles. The van der Waals surface area contributed by atoms with Gasteiger partial charge in [-0.1, -0.05) is 12.2 Å². The van der Waals surface area contributed by atoms with Crippen molar-refractivity contribution in [1.29, 1.82) is 0 Å². The van der Waals surface area contributed by atoms with Gasteiger partial charge in [0.15, 0.2) is 5.78 Å². The number of aliphatic hydroxyl groups is 4. The molecule has 1 fully saturated rings. The summed E-state index contributed by atoms with van der Waals surface area (Å²) in [5.41, 5.74) is -0.139. The Balaban J connectivity index is 2.00. The number of ketones is 1. The highest BCUT2D eigenvalue weighted by Crippen LogP contribution is 2.39. The van der Waals surface area contributed by atoms with E-state index < -0.39 is 60.9 Å². The van der Waals surface area contributed by atoms with Gasteiger partial charge in [-0.05, 0) is 24.6 Å². The molecule has 2 aliphatic rings. The predicted molar refractivity (Wildman–Crippen MR) is 110 cm³/mol. The molecule has 3 rings (SSSR count). The lowest BCUT2D eigenvalue weighted by molar-refractivity contribution is -0.277. The van der Waals surface area contributed by atoms with Crippen LogP contribution in [0.1, 0.15) is 33.2 Å². The van der Waals surface area contributed by atoms with Crippen molar-refractivity contribution in [1.82, 2.24) is 0 Å². The second-order valence-corrected chi connectivity index (χ2v) is 7.55. The first-order chi connectivity index (χ1) is 15.7. The van der Waals surface area contributed by atoms with Crippen LogP contribution in [0.2, 0.25) is 0 Å². The van der Waals surface area contributed by atoms with Gasteiger partial charge in [0, 0.05) is 12.5 Å². The average molecular weight is 464 g/mol. The van der Waals surface area contributed by atoms with Crippen LogP contribution in [0.5, 0.6) is 11.5 Å². The molecule has 0 unspecified atom stereocenters. The van der Waals surface area contributed by atoms with Crippen molar-refractivity contribution < 1.29 is 54.1 Å². The minimum Gasteiger partial charge on any atom is -0.507 e. The van der Waals surface area contributed by atoms with E-state index in [2.05, 4.69) is 0 Å². The number of rotatable bonds is 7. The largest absolute Gasteiger partial charge is 0.507 e. The van der Waals surface area contributed by atoms with E-state index in [1.54, 1.807) is 0 Å². The molecule has 2 aliphatic heterocycles. The summed E-state index contributed by atoms with van der Waals surface area (Å²) in [5, 5.41) is 49.9. The molecule has 0 spiro atoms. The van der Waals surface area contributed by atoms with Crippen LogP contribution in [0.15, 0.2) is 30.4 Å². The third-order valence-corrected chi connectivity index (χ3v) is 5.31. The van der Waals surface area contributed by atoms with Crippen molar-refractivity contribution >= 4 is 18.0 Å². The number of fused-ring (bicyclic) bond motifs is 1. The van der Waals surface area contributed by atoms with Crippen LogP contribution < -0.4 is 4.74 Å². The van der Waals surface area contributed by atoms with E-state index in [4.69, 9.17) is 14.2 Å². The first-order valence-corrected chi connectivity index (χ1v) is 10.1. The lowest BCUT2D eigenvalue weighted by Crippen LogP contribution is -2.60. The van der Waals surface area contributed by atoms with E-state index in [1.807, 2.05) is 0 Å². The zero-order valence-electron chi connectivity index (χ0n) is 17.5. The number of carbonyl (C=O) groups is 3. The van der Waals surface area contributed by atoms with Crippen molar-refractivity contribution in [3.63, 3.8) is 0 Å². The van der Waals surface area contributed by atoms with Crippen LogP contribution in [-0.4, -0.2) is 87.0 Å². The number of phenolic OH excluding ortho intramolecular Hbond substituents is 1. The second kappa shape index (κ2) is 10.2. The smallest absolute Gasteiger partial charge is 0.342 e. The lowest BCUT2D eigenvalue weighted by Gasteiger charge is -2.40. The second-order valence-electron chi connectivity index (χ2n) is 7.55. The Hall–Kier alpha value is -3.09. The van der Waals surface area contributed by atoms with Gasteiger partial charge in [0.25, 0.3) is 0 Å². The van der Waals surface area contributed by atoms with Gasteiger partial charge in [0.2, 0.25) is 6.29 Å². The Morgan fingerprint density at radius 3 is 2.55 bits per heavy atom. The lowest BCUT2D eigenvalue weighted by atomic mass is 9.90. The summed E-state index contributed by atoms with van der Waals surface area (Å²) >= 11 is 0. The molecule has 1 aromatic rings. The van der Waals surface area contributed by atoms with Crippen molar-refractivity contribution in [3.8, 4) is 11.5 Å². The van der Waals surface area contributed by atoms with Crippen molar-refractivity contribution in [2.45, 2.75) is 50.2 Å².